The van der Waals surface area contributed by atoms with Gasteiger partial charge in [-0.2, -0.15) is 0 Å². The minimum Gasteiger partial charge on any atom is -0.493 e. The van der Waals surface area contributed by atoms with E-state index in [0.717, 1.165) is 16.7 Å². The summed E-state index contributed by atoms with van der Waals surface area (Å²) in [6, 6.07) is 3.42. The number of hydrogen-bond donors (Lipinski definition) is 0. The van der Waals surface area contributed by atoms with Gasteiger partial charge in [0, 0.05) is 0 Å². The molecule has 0 aromatic heterocycles. The molecule has 9 heteroatoms. The number of methoxy groups -OCH3 is 1. The molecular formula is C20H22BrNO6S. The first kappa shape index (κ1) is 23.0. The normalized spacial score (nSPS) is 15.6. The molecule has 0 spiro atoms. The van der Waals surface area contributed by atoms with E-state index in [-0.39, 0.29) is 4.91 Å². The number of imide groups is 1. The van der Waals surface area contributed by atoms with E-state index in [2.05, 4.69) is 22.5 Å². The number of nitrogens with zero attached hydrogens (tertiary/aromatic N) is 1. The summed E-state index contributed by atoms with van der Waals surface area (Å²) < 4.78 is 16.7. The molecule has 7 nitrogen and oxygen atoms in total. The Balaban J connectivity index is 2.23. The second kappa shape index (κ2) is 9.49. The van der Waals surface area contributed by atoms with Gasteiger partial charge in [0.1, 0.15) is 18.8 Å². The fourth-order valence-electron chi connectivity index (χ4n) is 2.40. The molecule has 156 valence electrons. The summed E-state index contributed by atoms with van der Waals surface area (Å²) in [6.07, 6.45) is 3.17. The first-order valence-corrected chi connectivity index (χ1v) is 10.2. The summed E-state index contributed by atoms with van der Waals surface area (Å²) in [5.41, 5.74) is -0.0742. The standard InChI is InChI=1S/C20H22BrNO6S/c1-6-7-27-17-13(21)8-12(9-14(17)26-5)10-15-18(24)22(19(25)29-15)11-16(23)28-20(2,3)4/h6,8-10H,1,7,11H2,2-5H3. The summed E-state index contributed by atoms with van der Waals surface area (Å²) in [4.78, 5) is 37.9. The van der Waals surface area contributed by atoms with Gasteiger partial charge in [0.25, 0.3) is 11.1 Å². The second-order valence-corrected chi connectivity index (χ2v) is 8.84. The minimum absolute atomic E-state index is 0.201. The number of halogens is 1. The summed E-state index contributed by atoms with van der Waals surface area (Å²) in [5, 5.41) is -0.524. The highest BCUT2D eigenvalue weighted by atomic mass is 79.9. The SMILES string of the molecule is C=CCOc1c(Br)cc(C=C2SC(=O)N(CC(=O)OC(C)(C)C)C2=O)cc1OC. The minimum atomic E-state index is -0.701. The first-order chi connectivity index (χ1) is 13.6. The highest BCUT2D eigenvalue weighted by Gasteiger charge is 2.37. The largest absolute Gasteiger partial charge is 0.493 e. The molecule has 0 N–H and O–H groups in total. The highest BCUT2D eigenvalue weighted by Crippen LogP contribution is 2.39. The van der Waals surface area contributed by atoms with Crippen LogP contribution in [0, 0.1) is 0 Å². The Kier molecular flexibility index (Phi) is 7.54. The van der Waals surface area contributed by atoms with Gasteiger partial charge in [-0.3, -0.25) is 19.3 Å². The molecule has 2 rings (SSSR count). The average Bonchev–Trinajstić information content (AvgIpc) is 2.86. The summed E-state index contributed by atoms with van der Waals surface area (Å²) in [7, 11) is 1.50. The Morgan fingerprint density at radius 3 is 2.59 bits per heavy atom. The summed E-state index contributed by atoms with van der Waals surface area (Å²) in [5.74, 6) is -0.231. The van der Waals surface area contributed by atoms with Crippen LogP contribution in [0.25, 0.3) is 6.08 Å². The fourth-order valence-corrected chi connectivity index (χ4v) is 3.81. The fraction of sp³-hybridized carbons (Fsp3) is 0.350. The van der Waals surface area contributed by atoms with Crippen molar-refractivity contribution in [2.75, 3.05) is 20.3 Å². The average molecular weight is 484 g/mol. The van der Waals surface area contributed by atoms with Gasteiger partial charge in [0.2, 0.25) is 0 Å². The maximum atomic E-state index is 12.6. The third-order valence-electron chi connectivity index (χ3n) is 3.48. The molecule has 1 aliphatic heterocycles. The van der Waals surface area contributed by atoms with Crippen LogP contribution in [0.5, 0.6) is 11.5 Å². The van der Waals surface area contributed by atoms with Crippen LogP contribution in [0.15, 0.2) is 34.2 Å². The van der Waals surface area contributed by atoms with Crippen molar-refractivity contribution >= 4 is 50.9 Å². The van der Waals surface area contributed by atoms with Crippen LogP contribution in [0.1, 0.15) is 26.3 Å². The lowest BCUT2D eigenvalue weighted by Crippen LogP contribution is -2.37. The molecule has 0 saturated carbocycles. The number of esters is 1. The topological polar surface area (TPSA) is 82.1 Å². The van der Waals surface area contributed by atoms with E-state index in [0.29, 0.717) is 28.1 Å². The maximum Gasteiger partial charge on any atom is 0.326 e. The Hall–Kier alpha value is -2.26. The molecule has 0 radical (unpaired) electrons. The Bertz CT molecular complexity index is 874. The summed E-state index contributed by atoms with van der Waals surface area (Å²) in [6.45, 7) is 8.63. The van der Waals surface area contributed by atoms with Gasteiger partial charge in [0.05, 0.1) is 16.5 Å². The lowest BCUT2D eigenvalue weighted by molar-refractivity contribution is -0.156. The van der Waals surface area contributed by atoms with Crippen LogP contribution >= 0.6 is 27.7 Å². The van der Waals surface area contributed by atoms with E-state index in [1.54, 1.807) is 45.1 Å². The van der Waals surface area contributed by atoms with Crippen molar-refractivity contribution < 1.29 is 28.6 Å². The quantitative estimate of drug-likeness (QED) is 0.322. The van der Waals surface area contributed by atoms with E-state index in [9.17, 15) is 14.4 Å². The Labute approximate surface area is 182 Å². The van der Waals surface area contributed by atoms with Crippen LogP contribution in [0.3, 0.4) is 0 Å². The van der Waals surface area contributed by atoms with Crippen molar-refractivity contribution in [1.29, 1.82) is 0 Å². The van der Waals surface area contributed by atoms with Crippen LogP contribution in [0.4, 0.5) is 4.79 Å². The number of carbonyl (C=O) groups excluding carboxylic acids is 3. The van der Waals surface area contributed by atoms with Gasteiger partial charge >= 0.3 is 5.97 Å². The molecule has 1 heterocycles. The molecule has 1 aliphatic rings. The monoisotopic (exact) mass is 483 g/mol. The first-order valence-electron chi connectivity index (χ1n) is 8.64. The van der Waals surface area contributed by atoms with E-state index < -0.39 is 29.3 Å². The van der Waals surface area contributed by atoms with Gasteiger partial charge in [-0.1, -0.05) is 12.7 Å². The molecule has 0 atom stereocenters. The molecule has 0 bridgehead atoms. The zero-order chi connectivity index (χ0) is 21.8. The van der Waals surface area contributed by atoms with Gasteiger partial charge in [-0.15, -0.1) is 0 Å². The van der Waals surface area contributed by atoms with Gasteiger partial charge in [-0.25, -0.2) is 0 Å². The lowest BCUT2D eigenvalue weighted by Gasteiger charge is -2.21. The lowest BCUT2D eigenvalue weighted by atomic mass is 10.2. The second-order valence-electron chi connectivity index (χ2n) is 6.99. The van der Waals surface area contributed by atoms with E-state index in [1.807, 2.05) is 0 Å². The predicted molar refractivity (Wildman–Crippen MR) is 115 cm³/mol. The van der Waals surface area contributed by atoms with Crippen LogP contribution in [-0.2, 0) is 14.3 Å². The van der Waals surface area contributed by atoms with Crippen molar-refractivity contribution in [3.05, 3.63) is 39.7 Å². The Morgan fingerprint density at radius 2 is 2.00 bits per heavy atom. The number of ether oxygens (including phenoxy) is 3. The molecule has 0 unspecified atom stereocenters. The number of carbonyl (C=O) groups is 3. The van der Waals surface area contributed by atoms with E-state index >= 15 is 0 Å². The van der Waals surface area contributed by atoms with Crippen molar-refractivity contribution in [2.45, 2.75) is 26.4 Å². The number of rotatable bonds is 7. The molecule has 1 saturated heterocycles. The maximum absolute atomic E-state index is 12.6. The zero-order valence-electron chi connectivity index (χ0n) is 16.6. The van der Waals surface area contributed by atoms with Crippen LogP contribution in [0.2, 0.25) is 0 Å². The molecule has 2 amide bonds. The molecule has 1 aromatic rings. The third-order valence-corrected chi connectivity index (χ3v) is 4.97. The number of benzene rings is 1. The number of amides is 2. The molecule has 1 aromatic carbocycles. The van der Waals surface area contributed by atoms with Crippen LogP contribution in [-0.4, -0.2) is 47.9 Å². The van der Waals surface area contributed by atoms with Gasteiger partial charge in [0.15, 0.2) is 11.5 Å². The van der Waals surface area contributed by atoms with E-state index in [1.165, 1.54) is 7.11 Å². The molecule has 1 fully saturated rings. The molecule has 29 heavy (non-hydrogen) atoms. The van der Waals surface area contributed by atoms with Crippen LogP contribution < -0.4 is 9.47 Å². The smallest absolute Gasteiger partial charge is 0.326 e. The predicted octanol–water partition coefficient (Wildman–Crippen LogP) is 4.40. The summed E-state index contributed by atoms with van der Waals surface area (Å²) >= 11 is 4.18. The van der Waals surface area contributed by atoms with Crippen molar-refractivity contribution in [3.8, 4) is 11.5 Å². The number of thioether (sulfide) groups is 1. The Morgan fingerprint density at radius 1 is 1.31 bits per heavy atom. The van der Waals surface area contributed by atoms with Crippen molar-refractivity contribution in [2.24, 2.45) is 0 Å². The van der Waals surface area contributed by atoms with Gasteiger partial charge < -0.3 is 14.2 Å². The van der Waals surface area contributed by atoms with E-state index in [4.69, 9.17) is 14.2 Å². The highest BCUT2D eigenvalue weighted by molar-refractivity contribution is 9.10. The van der Waals surface area contributed by atoms with Crippen molar-refractivity contribution in [1.82, 2.24) is 4.90 Å². The van der Waals surface area contributed by atoms with Gasteiger partial charge in [-0.05, 0) is 72.2 Å². The molecule has 0 aliphatic carbocycles. The molecular weight excluding hydrogens is 462 g/mol. The number of hydrogen-bond acceptors (Lipinski definition) is 7. The van der Waals surface area contributed by atoms with Crippen molar-refractivity contribution in [3.63, 3.8) is 0 Å². The third kappa shape index (κ3) is 6.11. The zero-order valence-corrected chi connectivity index (χ0v) is 19.0.